The molecule has 1 aromatic carbocycles. The first kappa shape index (κ1) is 16.2. The molecule has 0 heterocycles. The Morgan fingerprint density at radius 3 is 2.62 bits per heavy atom. The molecular formula is C14H17ClFNO3S. The third-order valence-corrected chi connectivity index (χ3v) is 5.13. The molecule has 21 heavy (non-hydrogen) atoms. The maximum absolute atomic E-state index is 13.6. The Hall–Kier alpha value is -1.14. The number of carbonyl (C=O) groups is 1. The van der Waals surface area contributed by atoms with Gasteiger partial charge in [-0.3, -0.25) is 4.79 Å². The third kappa shape index (κ3) is 4.41. The lowest BCUT2D eigenvalue weighted by molar-refractivity contribution is 0.0947. The lowest BCUT2D eigenvalue weighted by atomic mass is 10.0. The van der Waals surface area contributed by atoms with E-state index in [0.29, 0.717) is 12.5 Å². The van der Waals surface area contributed by atoms with Gasteiger partial charge in [0.2, 0.25) is 0 Å². The number of nitrogens with one attached hydrogen (secondary N) is 1. The molecule has 0 saturated heterocycles. The topological polar surface area (TPSA) is 63.2 Å². The second-order valence-corrected chi connectivity index (χ2v) is 7.84. The molecule has 1 aliphatic carbocycles. The standard InChI is InChI=1S/C14H17ClFNO3S/c15-21(19,20)11-5-6-13(16)12(9-11)14(18)17-8-7-10-3-1-2-4-10/h5-6,9-10H,1-4,7-8H2,(H,17,18). The van der Waals surface area contributed by atoms with Crippen LogP contribution in [0.15, 0.2) is 23.1 Å². The molecule has 0 aromatic heterocycles. The van der Waals surface area contributed by atoms with Crippen molar-refractivity contribution in [2.24, 2.45) is 5.92 Å². The lowest BCUT2D eigenvalue weighted by Crippen LogP contribution is -2.26. The molecule has 1 aliphatic rings. The highest BCUT2D eigenvalue weighted by Gasteiger charge is 2.19. The van der Waals surface area contributed by atoms with Crippen LogP contribution in [-0.2, 0) is 9.05 Å². The number of benzene rings is 1. The predicted octanol–water partition coefficient (Wildman–Crippen LogP) is 3.06. The van der Waals surface area contributed by atoms with E-state index < -0.39 is 20.8 Å². The molecular weight excluding hydrogens is 317 g/mol. The number of halogens is 2. The third-order valence-electron chi connectivity index (χ3n) is 3.78. The first-order valence-electron chi connectivity index (χ1n) is 6.90. The van der Waals surface area contributed by atoms with Crippen molar-refractivity contribution < 1.29 is 17.6 Å². The Labute approximate surface area is 128 Å². The summed E-state index contributed by atoms with van der Waals surface area (Å²) in [7, 11) is 1.21. The number of amides is 1. The highest BCUT2D eigenvalue weighted by atomic mass is 35.7. The lowest BCUT2D eigenvalue weighted by Gasteiger charge is -2.10. The summed E-state index contributed by atoms with van der Waals surface area (Å²) in [5, 5.41) is 2.63. The second-order valence-electron chi connectivity index (χ2n) is 5.27. The molecule has 0 unspecified atom stereocenters. The van der Waals surface area contributed by atoms with Crippen LogP contribution in [0.5, 0.6) is 0 Å². The molecule has 4 nitrogen and oxygen atoms in total. The van der Waals surface area contributed by atoms with Crippen LogP contribution in [-0.4, -0.2) is 20.9 Å². The molecule has 0 bridgehead atoms. The maximum Gasteiger partial charge on any atom is 0.261 e. The number of hydrogen-bond acceptors (Lipinski definition) is 3. The highest BCUT2D eigenvalue weighted by molar-refractivity contribution is 8.13. The molecule has 0 radical (unpaired) electrons. The monoisotopic (exact) mass is 333 g/mol. The van der Waals surface area contributed by atoms with Gasteiger partial charge in [0.25, 0.3) is 15.0 Å². The Balaban J connectivity index is 2.01. The smallest absolute Gasteiger partial charge is 0.261 e. The molecule has 0 aliphatic heterocycles. The van der Waals surface area contributed by atoms with Crippen molar-refractivity contribution >= 4 is 25.6 Å². The molecule has 1 aromatic rings. The van der Waals surface area contributed by atoms with Crippen molar-refractivity contribution in [1.82, 2.24) is 5.32 Å². The zero-order valence-electron chi connectivity index (χ0n) is 11.4. The summed E-state index contributed by atoms with van der Waals surface area (Å²) in [6.07, 6.45) is 5.65. The molecule has 116 valence electrons. The van der Waals surface area contributed by atoms with E-state index in [2.05, 4.69) is 5.32 Å². The maximum atomic E-state index is 13.6. The molecule has 1 amide bonds. The van der Waals surface area contributed by atoms with Gasteiger partial charge in [0.1, 0.15) is 5.82 Å². The summed E-state index contributed by atoms with van der Waals surface area (Å²) < 4.78 is 36.1. The zero-order valence-corrected chi connectivity index (χ0v) is 13.0. The van der Waals surface area contributed by atoms with Gasteiger partial charge in [-0.05, 0) is 30.5 Å². The van der Waals surface area contributed by atoms with Crippen molar-refractivity contribution in [3.05, 3.63) is 29.6 Å². The number of hydrogen-bond donors (Lipinski definition) is 1. The van der Waals surface area contributed by atoms with E-state index in [1.807, 2.05) is 0 Å². The van der Waals surface area contributed by atoms with E-state index in [9.17, 15) is 17.6 Å². The van der Waals surface area contributed by atoms with E-state index >= 15 is 0 Å². The van der Waals surface area contributed by atoms with Crippen molar-refractivity contribution in [3.8, 4) is 0 Å². The van der Waals surface area contributed by atoms with Crippen LogP contribution in [0.2, 0.25) is 0 Å². The van der Waals surface area contributed by atoms with Crippen LogP contribution in [0, 0.1) is 11.7 Å². The number of carbonyl (C=O) groups excluding carboxylic acids is 1. The van der Waals surface area contributed by atoms with Crippen LogP contribution in [0.4, 0.5) is 4.39 Å². The van der Waals surface area contributed by atoms with Gasteiger partial charge in [0.15, 0.2) is 0 Å². The molecule has 1 fully saturated rings. The van der Waals surface area contributed by atoms with Crippen LogP contribution >= 0.6 is 10.7 Å². The van der Waals surface area contributed by atoms with Gasteiger partial charge in [0, 0.05) is 17.2 Å². The summed E-state index contributed by atoms with van der Waals surface area (Å²) >= 11 is 0. The quantitative estimate of drug-likeness (QED) is 0.842. The molecule has 2 rings (SSSR count). The normalized spacial score (nSPS) is 16.1. The van der Waals surface area contributed by atoms with Gasteiger partial charge < -0.3 is 5.32 Å². The SMILES string of the molecule is O=C(NCCC1CCCC1)c1cc(S(=O)(=O)Cl)ccc1F. The minimum Gasteiger partial charge on any atom is -0.352 e. The fourth-order valence-corrected chi connectivity index (χ4v) is 3.39. The van der Waals surface area contributed by atoms with Gasteiger partial charge in [0.05, 0.1) is 10.5 Å². The average molecular weight is 334 g/mol. The first-order valence-corrected chi connectivity index (χ1v) is 9.21. The predicted molar refractivity (Wildman–Crippen MR) is 78.3 cm³/mol. The van der Waals surface area contributed by atoms with Crippen LogP contribution in [0.25, 0.3) is 0 Å². The molecule has 1 N–H and O–H groups in total. The molecule has 7 heteroatoms. The summed E-state index contributed by atoms with van der Waals surface area (Å²) in [5.74, 6) is -0.769. The van der Waals surface area contributed by atoms with Gasteiger partial charge in [-0.25, -0.2) is 12.8 Å². The fraction of sp³-hybridized carbons (Fsp3) is 0.500. The molecule has 0 spiro atoms. The van der Waals surface area contributed by atoms with Gasteiger partial charge in [-0.1, -0.05) is 25.7 Å². The van der Waals surface area contributed by atoms with Crippen LogP contribution < -0.4 is 5.32 Å². The summed E-state index contributed by atoms with van der Waals surface area (Å²) in [6, 6.07) is 2.93. The van der Waals surface area contributed by atoms with Crippen molar-refractivity contribution in [1.29, 1.82) is 0 Å². The van der Waals surface area contributed by atoms with Crippen molar-refractivity contribution in [2.45, 2.75) is 37.0 Å². The zero-order chi connectivity index (χ0) is 15.5. The molecule has 0 atom stereocenters. The Bertz CT molecular complexity index is 627. The van der Waals surface area contributed by atoms with Crippen molar-refractivity contribution in [3.63, 3.8) is 0 Å². The minimum absolute atomic E-state index is 0.286. The van der Waals surface area contributed by atoms with Gasteiger partial charge in [-0.2, -0.15) is 0 Å². The Morgan fingerprint density at radius 1 is 1.33 bits per heavy atom. The minimum atomic E-state index is -3.98. The van der Waals surface area contributed by atoms with Gasteiger partial charge >= 0.3 is 0 Å². The van der Waals surface area contributed by atoms with Crippen LogP contribution in [0.3, 0.4) is 0 Å². The number of rotatable bonds is 5. The first-order chi connectivity index (χ1) is 9.88. The average Bonchev–Trinajstić information content (AvgIpc) is 2.91. The van der Waals surface area contributed by atoms with Gasteiger partial charge in [-0.15, -0.1) is 0 Å². The van der Waals surface area contributed by atoms with Crippen molar-refractivity contribution in [2.75, 3.05) is 6.54 Å². The van der Waals surface area contributed by atoms with E-state index in [4.69, 9.17) is 10.7 Å². The van der Waals surface area contributed by atoms with E-state index in [1.54, 1.807) is 0 Å². The molecule has 1 saturated carbocycles. The van der Waals surface area contributed by atoms with E-state index in [-0.39, 0.29) is 10.5 Å². The largest absolute Gasteiger partial charge is 0.352 e. The summed E-state index contributed by atoms with van der Waals surface area (Å²) in [4.78, 5) is 11.6. The second kappa shape index (κ2) is 6.75. The summed E-state index contributed by atoms with van der Waals surface area (Å²) in [6.45, 7) is 0.459. The fourth-order valence-electron chi connectivity index (χ4n) is 2.61. The summed E-state index contributed by atoms with van der Waals surface area (Å²) in [5.41, 5.74) is -0.303. The van der Waals surface area contributed by atoms with E-state index in [1.165, 1.54) is 25.7 Å². The highest BCUT2D eigenvalue weighted by Crippen LogP contribution is 2.27. The Morgan fingerprint density at radius 2 is 2.00 bits per heavy atom. The van der Waals surface area contributed by atoms with Crippen LogP contribution in [0.1, 0.15) is 42.5 Å². The Kier molecular flexibility index (Phi) is 5.22. The van der Waals surface area contributed by atoms with E-state index in [0.717, 1.165) is 24.6 Å².